The molecule has 3 atom stereocenters. The molecule has 0 aliphatic carbocycles. The maximum absolute atomic E-state index is 11.8. The normalized spacial score (nSPS) is 15.1. The number of hydrogen-bond acceptors (Lipinski definition) is 7. The minimum absolute atomic E-state index is 0.320. The topological polar surface area (TPSA) is 118 Å². The molecule has 1 amide bonds. The summed E-state index contributed by atoms with van der Waals surface area (Å²) in [6.45, 7) is 6.58. The highest BCUT2D eigenvalue weighted by atomic mass is 16.7. The van der Waals surface area contributed by atoms with Crippen molar-refractivity contribution < 1.29 is 28.9 Å². The Balaban J connectivity index is 4.06. The summed E-state index contributed by atoms with van der Waals surface area (Å²) < 4.78 is 15.7. The fourth-order valence-electron chi connectivity index (χ4n) is 1.33. The third kappa shape index (κ3) is 9.64. The largest absolute Gasteiger partial charge is 0.480 e. The first-order chi connectivity index (χ1) is 10.4. The Morgan fingerprint density at radius 3 is 2.36 bits per heavy atom. The zero-order valence-corrected chi connectivity index (χ0v) is 13.5. The van der Waals surface area contributed by atoms with Gasteiger partial charge in [-0.05, 0) is 20.8 Å². The first kappa shape index (κ1) is 20.7. The number of aliphatic carboxylic acids is 1. The van der Waals surface area contributed by atoms with Crippen LogP contribution in [0, 0.1) is 0 Å². The highest BCUT2D eigenvalue weighted by Gasteiger charge is 2.17. The third-order valence-electron chi connectivity index (χ3n) is 2.71. The molecule has 0 radical (unpaired) electrons. The van der Waals surface area contributed by atoms with Gasteiger partial charge in [-0.3, -0.25) is 15.0 Å². The van der Waals surface area contributed by atoms with E-state index in [0.717, 1.165) is 0 Å². The van der Waals surface area contributed by atoms with Crippen LogP contribution >= 0.6 is 0 Å². The molecule has 0 heterocycles. The molecule has 1 unspecified atom stereocenters. The molecule has 0 fully saturated rings. The molecular formula is C13H27N3O6. The van der Waals surface area contributed by atoms with Crippen LogP contribution in [-0.2, 0) is 23.8 Å². The molecule has 0 saturated heterocycles. The molecule has 0 aliphatic rings. The highest BCUT2D eigenvalue weighted by molar-refractivity contribution is 5.81. The van der Waals surface area contributed by atoms with Gasteiger partial charge in [-0.15, -0.1) is 0 Å². The van der Waals surface area contributed by atoms with Crippen molar-refractivity contribution in [3.8, 4) is 0 Å². The van der Waals surface area contributed by atoms with Gasteiger partial charge in [0, 0.05) is 20.3 Å². The molecule has 0 aromatic rings. The summed E-state index contributed by atoms with van der Waals surface area (Å²) in [6.07, 6.45) is -0.485. The molecule has 0 aliphatic heterocycles. The number of carboxylic acids is 1. The summed E-state index contributed by atoms with van der Waals surface area (Å²) >= 11 is 0. The van der Waals surface area contributed by atoms with Crippen LogP contribution in [0.4, 0.5) is 0 Å². The number of rotatable bonds is 13. The van der Waals surface area contributed by atoms with Gasteiger partial charge in [0.25, 0.3) is 5.91 Å². The van der Waals surface area contributed by atoms with Gasteiger partial charge in [0.1, 0.15) is 6.04 Å². The smallest absolute Gasteiger partial charge is 0.322 e. The number of carbonyl (C=O) groups excluding carboxylic acids is 1. The summed E-state index contributed by atoms with van der Waals surface area (Å²) in [5.41, 5.74) is 4.74. The predicted octanol–water partition coefficient (Wildman–Crippen LogP) is -0.916. The van der Waals surface area contributed by atoms with E-state index >= 15 is 0 Å². The zero-order chi connectivity index (χ0) is 17.0. The summed E-state index contributed by atoms with van der Waals surface area (Å²) in [7, 11) is 1.58. The van der Waals surface area contributed by atoms with Crippen molar-refractivity contribution in [2.24, 2.45) is 0 Å². The molecule has 0 bridgehead atoms. The Morgan fingerprint density at radius 1 is 1.14 bits per heavy atom. The zero-order valence-electron chi connectivity index (χ0n) is 13.5. The maximum Gasteiger partial charge on any atom is 0.322 e. The van der Waals surface area contributed by atoms with Gasteiger partial charge in [0.2, 0.25) is 0 Å². The first-order valence-corrected chi connectivity index (χ1v) is 7.16. The van der Waals surface area contributed by atoms with Crippen molar-refractivity contribution in [3.05, 3.63) is 0 Å². The number of amides is 1. The predicted molar refractivity (Wildman–Crippen MR) is 79.1 cm³/mol. The lowest BCUT2D eigenvalue weighted by Crippen LogP contribution is -2.53. The maximum atomic E-state index is 11.8. The number of nitrogens with one attached hydrogen (secondary N) is 3. The lowest BCUT2D eigenvalue weighted by Gasteiger charge is -2.21. The van der Waals surface area contributed by atoms with E-state index in [9.17, 15) is 9.59 Å². The van der Waals surface area contributed by atoms with E-state index in [1.54, 1.807) is 14.0 Å². The van der Waals surface area contributed by atoms with Crippen molar-refractivity contribution in [3.63, 3.8) is 0 Å². The van der Waals surface area contributed by atoms with Crippen LogP contribution in [0.1, 0.15) is 20.8 Å². The Morgan fingerprint density at radius 2 is 1.82 bits per heavy atom. The van der Waals surface area contributed by atoms with Crippen molar-refractivity contribution >= 4 is 11.9 Å². The van der Waals surface area contributed by atoms with Crippen LogP contribution in [0.25, 0.3) is 0 Å². The first-order valence-electron chi connectivity index (χ1n) is 7.16. The van der Waals surface area contributed by atoms with E-state index in [2.05, 4.69) is 16.2 Å². The number of carboxylic acid groups (broad SMARTS) is 1. The van der Waals surface area contributed by atoms with E-state index in [0.29, 0.717) is 26.4 Å². The molecule has 0 spiro atoms. The number of hydrazine groups is 1. The molecule has 0 aromatic carbocycles. The minimum atomic E-state index is -1.05. The van der Waals surface area contributed by atoms with E-state index in [1.807, 2.05) is 6.92 Å². The second-order valence-electron chi connectivity index (χ2n) is 4.57. The van der Waals surface area contributed by atoms with Crippen LogP contribution in [0.5, 0.6) is 0 Å². The molecule has 9 heteroatoms. The molecule has 22 heavy (non-hydrogen) atoms. The fourth-order valence-corrected chi connectivity index (χ4v) is 1.33. The molecule has 130 valence electrons. The van der Waals surface area contributed by atoms with Crippen LogP contribution < -0.4 is 16.2 Å². The van der Waals surface area contributed by atoms with Crippen LogP contribution in [0.2, 0.25) is 0 Å². The molecule has 4 N–H and O–H groups in total. The number of methoxy groups -OCH3 is 1. The van der Waals surface area contributed by atoms with Crippen LogP contribution in [0.15, 0.2) is 0 Å². The van der Waals surface area contributed by atoms with Crippen molar-refractivity contribution in [1.82, 2.24) is 16.2 Å². The van der Waals surface area contributed by atoms with E-state index in [1.165, 1.54) is 6.92 Å². The SMILES string of the molecule is CCOC(CN[C@@H](C)C(=O)NN[C@@H](C)C(=O)O)OCCOC. The average molecular weight is 321 g/mol. The van der Waals surface area contributed by atoms with Gasteiger partial charge in [-0.1, -0.05) is 0 Å². The number of hydrogen-bond donors (Lipinski definition) is 4. The van der Waals surface area contributed by atoms with Crippen molar-refractivity contribution in [1.29, 1.82) is 0 Å². The minimum Gasteiger partial charge on any atom is -0.480 e. The van der Waals surface area contributed by atoms with Crippen molar-refractivity contribution in [2.45, 2.75) is 39.1 Å². The quantitative estimate of drug-likeness (QED) is 0.195. The number of carbonyl (C=O) groups is 2. The van der Waals surface area contributed by atoms with E-state index in [4.69, 9.17) is 19.3 Å². The van der Waals surface area contributed by atoms with Gasteiger partial charge < -0.3 is 24.6 Å². The van der Waals surface area contributed by atoms with Gasteiger partial charge >= 0.3 is 5.97 Å². The third-order valence-corrected chi connectivity index (χ3v) is 2.71. The average Bonchev–Trinajstić information content (AvgIpc) is 2.49. The fraction of sp³-hybridized carbons (Fsp3) is 0.846. The van der Waals surface area contributed by atoms with Crippen LogP contribution in [-0.4, -0.2) is 68.8 Å². The number of ether oxygens (including phenoxy) is 3. The Labute approximate surface area is 130 Å². The van der Waals surface area contributed by atoms with Gasteiger partial charge in [-0.2, -0.15) is 0 Å². The Hall–Kier alpha value is -1.26. The second-order valence-corrected chi connectivity index (χ2v) is 4.57. The summed E-state index contributed by atoms with van der Waals surface area (Å²) in [6, 6.07) is -1.41. The highest BCUT2D eigenvalue weighted by Crippen LogP contribution is 1.95. The van der Waals surface area contributed by atoms with Gasteiger partial charge in [0.15, 0.2) is 6.29 Å². The summed E-state index contributed by atoms with van der Waals surface area (Å²) in [4.78, 5) is 22.4. The Bertz CT molecular complexity index is 329. The second kappa shape index (κ2) is 12.3. The molecule has 0 rings (SSSR count). The lowest BCUT2D eigenvalue weighted by molar-refractivity contribution is -0.145. The lowest BCUT2D eigenvalue weighted by atomic mass is 10.3. The van der Waals surface area contributed by atoms with Crippen LogP contribution in [0.3, 0.4) is 0 Å². The monoisotopic (exact) mass is 321 g/mol. The summed E-state index contributed by atoms with van der Waals surface area (Å²) in [5, 5.41) is 11.7. The summed E-state index contributed by atoms with van der Waals surface area (Å²) in [5.74, 6) is -1.43. The van der Waals surface area contributed by atoms with Crippen molar-refractivity contribution in [2.75, 3.05) is 33.5 Å². The van der Waals surface area contributed by atoms with Gasteiger partial charge in [0.05, 0.1) is 19.3 Å². The van der Waals surface area contributed by atoms with E-state index < -0.39 is 24.3 Å². The molecule has 0 aromatic heterocycles. The molecule has 0 saturated carbocycles. The molecule has 9 nitrogen and oxygen atoms in total. The standard InChI is InChI=1S/C13H27N3O6/c1-5-21-11(22-7-6-20-4)8-14-9(2)12(17)16-15-10(3)13(18)19/h9-11,14-15H,5-8H2,1-4H3,(H,16,17)(H,18,19)/t9-,10-,11?/m0/s1. The Kier molecular flexibility index (Phi) is 11.6. The van der Waals surface area contributed by atoms with Gasteiger partial charge in [-0.25, -0.2) is 5.43 Å². The van der Waals surface area contributed by atoms with E-state index in [-0.39, 0.29) is 5.91 Å². The molecular weight excluding hydrogens is 294 g/mol.